The number of hydrogen-bond donors (Lipinski definition) is 1. The van der Waals surface area contributed by atoms with Crippen LogP contribution in [0.15, 0.2) is 24.3 Å². The van der Waals surface area contributed by atoms with E-state index < -0.39 is 11.7 Å². The summed E-state index contributed by atoms with van der Waals surface area (Å²) >= 11 is 3.02. The van der Waals surface area contributed by atoms with Gasteiger partial charge in [-0.15, -0.1) is 0 Å². The molecule has 1 aromatic rings. The lowest BCUT2D eigenvalue weighted by atomic mass is 10.1. The maximum Gasteiger partial charge on any atom is 0.416 e. The molecular formula is C9H9BrF3N. The second kappa shape index (κ2) is 4.79. The van der Waals surface area contributed by atoms with Crippen molar-refractivity contribution in [2.45, 2.75) is 12.6 Å². The first kappa shape index (κ1) is 11.5. The molecule has 5 heteroatoms. The van der Waals surface area contributed by atoms with Crippen molar-refractivity contribution in [1.29, 1.82) is 0 Å². The highest BCUT2D eigenvalue weighted by Gasteiger charge is 2.29. The topological polar surface area (TPSA) is 12.0 Å². The Labute approximate surface area is 88.7 Å². The fraction of sp³-hybridized carbons (Fsp3) is 0.333. The molecule has 0 radical (unpaired) electrons. The number of halogens is 4. The van der Waals surface area contributed by atoms with Gasteiger partial charge in [0.1, 0.15) is 0 Å². The Hall–Kier alpha value is -0.550. The Morgan fingerprint density at radius 3 is 2.14 bits per heavy atom. The van der Waals surface area contributed by atoms with Crippen LogP contribution >= 0.6 is 16.1 Å². The quantitative estimate of drug-likeness (QED) is 0.830. The van der Waals surface area contributed by atoms with Crippen LogP contribution in [0.25, 0.3) is 0 Å². The van der Waals surface area contributed by atoms with Gasteiger partial charge < -0.3 is 0 Å². The Balaban J connectivity index is 2.69. The smallest absolute Gasteiger partial charge is 0.256 e. The summed E-state index contributed by atoms with van der Waals surface area (Å²) in [5, 5.41) is 0. The van der Waals surface area contributed by atoms with E-state index in [1.165, 1.54) is 12.1 Å². The Morgan fingerprint density at radius 1 is 1.14 bits per heavy atom. The number of hydrogen-bond acceptors (Lipinski definition) is 1. The average Bonchev–Trinajstić information content (AvgIpc) is 2.14. The van der Waals surface area contributed by atoms with Gasteiger partial charge in [-0.2, -0.15) is 13.2 Å². The highest BCUT2D eigenvalue weighted by Crippen LogP contribution is 2.29. The molecule has 0 bridgehead atoms. The van der Waals surface area contributed by atoms with Gasteiger partial charge in [-0.05, 0) is 24.1 Å². The largest absolute Gasteiger partial charge is 0.416 e. The second-order valence-corrected chi connectivity index (χ2v) is 3.39. The summed E-state index contributed by atoms with van der Waals surface area (Å²) in [6.07, 6.45) is -3.55. The van der Waals surface area contributed by atoms with Crippen LogP contribution in [0, 0.1) is 0 Å². The zero-order chi connectivity index (χ0) is 10.6. The molecule has 0 saturated carbocycles. The lowest BCUT2D eigenvalue weighted by molar-refractivity contribution is -0.137. The maximum atomic E-state index is 12.2. The molecule has 0 atom stereocenters. The molecule has 1 rings (SSSR count). The van der Waals surface area contributed by atoms with Crippen LogP contribution in [0.3, 0.4) is 0 Å². The van der Waals surface area contributed by atoms with Crippen molar-refractivity contribution in [2.75, 3.05) is 6.54 Å². The van der Waals surface area contributed by atoms with E-state index in [1.54, 1.807) is 0 Å². The van der Waals surface area contributed by atoms with Crippen molar-refractivity contribution in [1.82, 2.24) is 4.34 Å². The third-order valence-electron chi connectivity index (χ3n) is 1.79. The molecule has 1 aromatic carbocycles. The summed E-state index contributed by atoms with van der Waals surface area (Å²) in [6, 6.07) is 5.19. The van der Waals surface area contributed by atoms with Gasteiger partial charge in [0.2, 0.25) is 0 Å². The van der Waals surface area contributed by atoms with Gasteiger partial charge in [0, 0.05) is 22.7 Å². The molecule has 0 aromatic heterocycles. The van der Waals surface area contributed by atoms with Gasteiger partial charge in [-0.3, -0.25) is 4.34 Å². The Morgan fingerprint density at radius 2 is 1.71 bits per heavy atom. The van der Waals surface area contributed by atoms with E-state index in [4.69, 9.17) is 0 Å². The van der Waals surface area contributed by atoms with Crippen molar-refractivity contribution in [3.05, 3.63) is 35.4 Å². The van der Waals surface area contributed by atoms with E-state index in [9.17, 15) is 13.2 Å². The number of rotatable bonds is 3. The van der Waals surface area contributed by atoms with Gasteiger partial charge in [0.25, 0.3) is 0 Å². The van der Waals surface area contributed by atoms with Crippen molar-refractivity contribution >= 4 is 16.1 Å². The third-order valence-corrected chi connectivity index (χ3v) is 2.19. The summed E-state index contributed by atoms with van der Waals surface area (Å²) in [7, 11) is 0. The van der Waals surface area contributed by atoms with Crippen LogP contribution in [0.1, 0.15) is 11.1 Å². The van der Waals surface area contributed by atoms with Crippen LogP contribution in [0.5, 0.6) is 0 Å². The number of benzene rings is 1. The fourth-order valence-electron chi connectivity index (χ4n) is 1.05. The van der Waals surface area contributed by atoms with Crippen LogP contribution < -0.4 is 4.34 Å². The number of alkyl halides is 3. The first-order chi connectivity index (χ1) is 6.54. The molecule has 0 saturated heterocycles. The molecule has 1 N–H and O–H groups in total. The Kier molecular flexibility index (Phi) is 3.95. The predicted octanol–water partition coefficient (Wildman–Crippen LogP) is 3.15. The first-order valence-corrected chi connectivity index (χ1v) is 4.83. The fourth-order valence-corrected chi connectivity index (χ4v) is 1.25. The summed E-state index contributed by atoms with van der Waals surface area (Å²) < 4.78 is 39.2. The van der Waals surface area contributed by atoms with Gasteiger partial charge >= 0.3 is 6.18 Å². The van der Waals surface area contributed by atoms with Crippen LogP contribution in [0.2, 0.25) is 0 Å². The zero-order valence-corrected chi connectivity index (χ0v) is 8.82. The van der Waals surface area contributed by atoms with E-state index in [0.29, 0.717) is 13.0 Å². The van der Waals surface area contributed by atoms with Crippen molar-refractivity contribution < 1.29 is 13.2 Å². The normalized spacial score (nSPS) is 11.7. The third kappa shape index (κ3) is 3.31. The summed E-state index contributed by atoms with van der Waals surface area (Å²) in [4.78, 5) is 0. The summed E-state index contributed by atoms with van der Waals surface area (Å²) in [6.45, 7) is 0.686. The molecule has 1 nitrogen and oxygen atoms in total. The van der Waals surface area contributed by atoms with Gasteiger partial charge in [0.05, 0.1) is 5.56 Å². The predicted molar refractivity (Wildman–Crippen MR) is 52.1 cm³/mol. The first-order valence-electron chi connectivity index (χ1n) is 4.03. The molecule has 0 unspecified atom stereocenters. The minimum Gasteiger partial charge on any atom is -0.256 e. The molecule has 0 aliphatic rings. The van der Waals surface area contributed by atoms with E-state index in [2.05, 4.69) is 20.5 Å². The second-order valence-electron chi connectivity index (χ2n) is 2.83. The molecule has 78 valence electrons. The van der Waals surface area contributed by atoms with E-state index in [1.807, 2.05) is 0 Å². The minimum atomic E-state index is -4.24. The Bertz CT molecular complexity index is 281. The summed E-state index contributed by atoms with van der Waals surface area (Å²) in [5.41, 5.74) is 0.276. The zero-order valence-electron chi connectivity index (χ0n) is 7.24. The molecule has 0 fully saturated rings. The monoisotopic (exact) mass is 267 g/mol. The van der Waals surface area contributed by atoms with Gasteiger partial charge in [-0.1, -0.05) is 12.1 Å². The van der Waals surface area contributed by atoms with Crippen molar-refractivity contribution in [2.24, 2.45) is 0 Å². The molecule has 0 aliphatic heterocycles. The molecule has 0 spiro atoms. The van der Waals surface area contributed by atoms with Gasteiger partial charge in [-0.25, -0.2) is 0 Å². The van der Waals surface area contributed by atoms with Crippen LogP contribution in [-0.4, -0.2) is 6.54 Å². The van der Waals surface area contributed by atoms with E-state index in [-0.39, 0.29) is 0 Å². The standard InChI is InChI=1S/C9H9BrF3N/c10-14-6-5-7-1-3-8(4-2-7)9(11,12)13/h1-4,14H,5-6H2. The van der Waals surface area contributed by atoms with Crippen molar-refractivity contribution in [3.63, 3.8) is 0 Å². The van der Waals surface area contributed by atoms with Crippen molar-refractivity contribution in [3.8, 4) is 0 Å². The van der Waals surface area contributed by atoms with Gasteiger partial charge in [0.15, 0.2) is 0 Å². The molecule has 0 aliphatic carbocycles. The minimum absolute atomic E-state index is 0.604. The van der Waals surface area contributed by atoms with E-state index in [0.717, 1.165) is 17.7 Å². The SMILES string of the molecule is FC(F)(F)c1ccc(CCNBr)cc1. The maximum absolute atomic E-state index is 12.2. The lowest BCUT2D eigenvalue weighted by Crippen LogP contribution is -2.06. The summed E-state index contributed by atoms with van der Waals surface area (Å²) in [5.74, 6) is 0. The van der Waals surface area contributed by atoms with E-state index >= 15 is 0 Å². The van der Waals surface area contributed by atoms with Crippen LogP contribution in [0.4, 0.5) is 13.2 Å². The number of nitrogens with one attached hydrogen (secondary N) is 1. The average molecular weight is 268 g/mol. The molecule has 14 heavy (non-hydrogen) atoms. The highest BCUT2D eigenvalue weighted by molar-refractivity contribution is 9.08. The lowest BCUT2D eigenvalue weighted by Gasteiger charge is -2.07. The molecule has 0 heterocycles. The molecule has 0 amide bonds. The van der Waals surface area contributed by atoms with Crippen LogP contribution in [-0.2, 0) is 12.6 Å². The molecular weight excluding hydrogens is 259 g/mol. The highest BCUT2D eigenvalue weighted by atomic mass is 79.9.